The quantitative estimate of drug-likeness (QED) is 0.912. The van der Waals surface area contributed by atoms with Gasteiger partial charge in [-0.1, -0.05) is 24.3 Å². The molecular formula is C15H17N3O. The third-order valence-corrected chi connectivity index (χ3v) is 4.26. The van der Waals surface area contributed by atoms with E-state index in [4.69, 9.17) is 0 Å². The van der Waals surface area contributed by atoms with Crippen molar-refractivity contribution in [1.82, 2.24) is 14.8 Å². The molecule has 0 amide bonds. The molecule has 4 rings (SSSR count). The first-order chi connectivity index (χ1) is 9.36. The predicted molar refractivity (Wildman–Crippen MR) is 70.8 cm³/mol. The lowest BCUT2D eigenvalue weighted by molar-refractivity contribution is 0.264. The fourth-order valence-corrected chi connectivity index (χ4v) is 3.20. The van der Waals surface area contributed by atoms with E-state index in [2.05, 4.69) is 39.0 Å². The highest BCUT2D eigenvalue weighted by Gasteiger charge is 2.34. The molecule has 1 aromatic carbocycles. The van der Waals surface area contributed by atoms with Crippen LogP contribution in [0.25, 0.3) is 0 Å². The Labute approximate surface area is 112 Å². The summed E-state index contributed by atoms with van der Waals surface area (Å²) in [5.41, 5.74) is 2.87. The van der Waals surface area contributed by atoms with E-state index in [1.54, 1.807) is 0 Å². The molecule has 1 N–H and O–H groups in total. The van der Waals surface area contributed by atoms with Gasteiger partial charge in [0.15, 0.2) is 5.82 Å². The van der Waals surface area contributed by atoms with E-state index in [1.807, 2.05) is 0 Å². The number of rotatable bonds is 3. The van der Waals surface area contributed by atoms with E-state index in [1.165, 1.54) is 24.0 Å². The highest BCUT2D eigenvalue weighted by molar-refractivity contribution is 5.35. The Balaban J connectivity index is 1.70. The second-order valence-corrected chi connectivity index (χ2v) is 5.61. The molecule has 0 saturated heterocycles. The molecule has 2 aromatic rings. The third kappa shape index (κ3) is 1.78. The smallest absolute Gasteiger partial charge is 0.159 e. The molecule has 1 heterocycles. The van der Waals surface area contributed by atoms with Gasteiger partial charge in [0.25, 0.3) is 0 Å². The number of aromatic nitrogens is 3. The molecule has 0 aliphatic heterocycles. The van der Waals surface area contributed by atoms with Crippen molar-refractivity contribution >= 4 is 0 Å². The number of hydrogen-bond donors (Lipinski definition) is 1. The maximum absolute atomic E-state index is 9.40. The topological polar surface area (TPSA) is 50.9 Å². The molecule has 0 atom stereocenters. The zero-order valence-corrected chi connectivity index (χ0v) is 10.8. The molecule has 2 aliphatic carbocycles. The molecule has 0 bridgehead atoms. The fourth-order valence-electron chi connectivity index (χ4n) is 3.20. The first-order valence-electron chi connectivity index (χ1n) is 6.98. The Bertz CT molecular complexity index is 591. The second-order valence-electron chi connectivity index (χ2n) is 5.61. The summed E-state index contributed by atoms with van der Waals surface area (Å²) in [6, 6.07) is 9.15. The maximum Gasteiger partial charge on any atom is 0.159 e. The zero-order chi connectivity index (χ0) is 12.8. The van der Waals surface area contributed by atoms with Gasteiger partial charge in [-0.2, -0.15) is 0 Å². The van der Waals surface area contributed by atoms with Gasteiger partial charge in [-0.25, -0.2) is 0 Å². The van der Waals surface area contributed by atoms with Gasteiger partial charge in [0, 0.05) is 12.0 Å². The van der Waals surface area contributed by atoms with Crippen LogP contribution >= 0.6 is 0 Å². The Hall–Kier alpha value is -1.68. The number of aliphatic hydroxyl groups excluding tert-OH is 1. The number of fused-ring (bicyclic) bond motifs is 1. The first kappa shape index (κ1) is 11.2. The van der Waals surface area contributed by atoms with Crippen LogP contribution in [0.1, 0.15) is 47.6 Å². The van der Waals surface area contributed by atoms with Crippen molar-refractivity contribution in [3.63, 3.8) is 0 Å². The van der Waals surface area contributed by atoms with Crippen molar-refractivity contribution in [2.45, 2.75) is 44.2 Å². The largest absolute Gasteiger partial charge is 0.388 e. The highest BCUT2D eigenvalue weighted by atomic mass is 16.3. The van der Waals surface area contributed by atoms with Crippen LogP contribution in [-0.2, 0) is 19.4 Å². The molecule has 0 spiro atoms. The molecule has 1 fully saturated rings. The van der Waals surface area contributed by atoms with Gasteiger partial charge < -0.3 is 9.67 Å². The van der Waals surface area contributed by atoms with E-state index in [0.29, 0.717) is 12.0 Å². The van der Waals surface area contributed by atoms with E-state index >= 15 is 0 Å². The van der Waals surface area contributed by atoms with Gasteiger partial charge in [0.05, 0.1) is 0 Å². The van der Waals surface area contributed by atoms with Crippen LogP contribution in [0.4, 0.5) is 0 Å². The molecule has 4 heteroatoms. The summed E-state index contributed by atoms with van der Waals surface area (Å²) in [6.07, 6.45) is 4.48. The van der Waals surface area contributed by atoms with Crippen molar-refractivity contribution in [2.24, 2.45) is 0 Å². The molecule has 1 saturated carbocycles. The SMILES string of the molecule is OCc1nnc(C2Cc3ccccc3C2)n1C1CC1. The third-order valence-electron chi connectivity index (χ3n) is 4.26. The van der Waals surface area contributed by atoms with Crippen LogP contribution < -0.4 is 0 Å². The summed E-state index contributed by atoms with van der Waals surface area (Å²) in [6.45, 7) is -0.0107. The van der Waals surface area contributed by atoms with Gasteiger partial charge in [-0.3, -0.25) is 0 Å². The van der Waals surface area contributed by atoms with E-state index in [9.17, 15) is 5.11 Å². The summed E-state index contributed by atoms with van der Waals surface area (Å²) in [5, 5.41) is 17.9. The Morgan fingerprint density at radius 2 is 1.79 bits per heavy atom. The molecule has 0 unspecified atom stereocenters. The normalized spacial score (nSPS) is 18.8. The second kappa shape index (κ2) is 4.17. The summed E-state index contributed by atoms with van der Waals surface area (Å²) < 4.78 is 2.19. The van der Waals surface area contributed by atoms with E-state index in [0.717, 1.165) is 24.5 Å². The van der Waals surface area contributed by atoms with Crippen LogP contribution in [0.15, 0.2) is 24.3 Å². The highest BCUT2D eigenvalue weighted by Crippen LogP contribution is 2.40. The van der Waals surface area contributed by atoms with Crippen LogP contribution in [0.5, 0.6) is 0 Å². The zero-order valence-electron chi connectivity index (χ0n) is 10.8. The molecule has 4 nitrogen and oxygen atoms in total. The van der Waals surface area contributed by atoms with Crippen molar-refractivity contribution in [1.29, 1.82) is 0 Å². The first-order valence-corrected chi connectivity index (χ1v) is 6.98. The lowest BCUT2D eigenvalue weighted by Gasteiger charge is -2.12. The number of benzene rings is 1. The van der Waals surface area contributed by atoms with Crippen molar-refractivity contribution in [3.05, 3.63) is 47.0 Å². The van der Waals surface area contributed by atoms with Crippen LogP contribution in [0, 0.1) is 0 Å². The van der Waals surface area contributed by atoms with E-state index < -0.39 is 0 Å². The van der Waals surface area contributed by atoms with Gasteiger partial charge >= 0.3 is 0 Å². The minimum atomic E-state index is -0.0107. The van der Waals surface area contributed by atoms with Gasteiger partial charge in [0.2, 0.25) is 0 Å². The summed E-state index contributed by atoms with van der Waals surface area (Å²) >= 11 is 0. The Kier molecular flexibility index (Phi) is 2.45. The fraction of sp³-hybridized carbons (Fsp3) is 0.467. The lowest BCUT2D eigenvalue weighted by Crippen LogP contribution is -2.11. The van der Waals surface area contributed by atoms with Gasteiger partial charge in [-0.15, -0.1) is 10.2 Å². The standard InChI is InChI=1S/C15H17N3O/c19-9-14-16-17-15(18(14)13-5-6-13)12-7-10-3-1-2-4-11(10)8-12/h1-4,12-13,19H,5-9H2. The summed E-state index contributed by atoms with van der Waals surface area (Å²) in [4.78, 5) is 0. The minimum Gasteiger partial charge on any atom is -0.388 e. The van der Waals surface area contributed by atoms with Gasteiger partial charge in [0.1, 0.15) is 12.4 Å². The monoisotopic (exact) mass is 255 g/mol. The molecule has 1 aromatic heterocycles. The van der Waals surface area contributed by atoms with Gasteiger partial charge in [-0.05, 0) is 36.8 Å². The number of hydrogen-bond acceptors (Lipinski definition) is 3. The molecule has 0 radical (unpaired) electrons. The number of aliphatic hydroxyl groups is 1. The average molecular weight is 255 g/mol. The maximum atomic E-state index is 9.40. The number of nitrogens with zero attached hydrogens (tertiary/aromatic N) is 3. The van der Waals surface area contributed by atoms with Crippen LogP contribution in [-0.4, -0.2) is 19.9 Å². The lowest BCUT2D eigenvalue weighted by atomic mass is 10.1. The summed E-state index contributed by atoms with van der Waals surface area (Å²) in [5.74, 6) is 2.22. The molecule has 98 valence electrons. The van der Waals surface area contributed by atoms with Crippen LogP contribution in [0.2, 0.25) is 0 Å². The molecular weight excluding hydrogens is 238 g/mol. The van der Waals surface area contributed by atoms with Crippen molar-refractivity contribution in [3.8, 4) is 0 Å². The molecule has 19 heavy (non-hydrogen) atoms. The average Bonchev–Trinajstić information content (AvgIpc) is 3.04. The van der Waals surface area contributed by atoms with Crippen LogP contribution in [0.3, 0.4) is 0 Å². The van der Waals surface area contributed by atoms with Crippen molar-refractivity contribution in [2.75, 3.05) is 0 Å². The van der Waals surface area contributed by atoms with Crippen molar-refractivity contribution < 1.29 is 5.11 Å². The Morgan fingerprint density at radius 1 is 1.11 bits per heavy atom. The molecule has 2 aliphatic rings. The predicted octanol–water partition coefficient (Wildman–Crippen LogP) is 1.99. The summed E-state index contributed by atoms with van der Waals surface area (Å²) in [7, 11) is 0. The van der Waals surface area contributed by atoms with E-state index in [-0.39, 0.29) is 6.61 Å². The minimum absolute atomic E-state index is 0.0107. The Morgan fingerprint density at radius 3 is 2.37 bits per heavy atom.